The molecule has 88 valence electrons. The molecule has 0 aromatic heterocycles. The molecule has 0 fully saturated rings. The molecule has 0 saturated heterocycles. The average molecular weight is 201 g/mol. The molecule has 0 aliphatic heterocycles. The third-order valence-corrected chi connectivity index (χ3v) is 1.21. The summed E-state index contributed by atoms with van der Waals surface area (Å²) in [7, 11) is 2.17. The van der Waals surface area contributed by atoms with Crippen molar-refractivity contribution in [1.82, 2.24) is 4.90 Å². The molecular weight excluding hydrogens is 170 g/mol. The fraction of sp³-hybridized carbons (Fsp3) is 0.846. The second kappa shape index (κ2) is 18.5. The van der Waals surface area contributed by atoms with E-state index in [0.717, 1.165) is 0 Å². The van der Waals surface area contributed by atoms with Crippen molar-refractivity contribution < 1.29 is 0 Å². The summed E-state index contributed by atoms with van der Waals surface area (Å²) >= 11 is 0. The lowest BCUT2D eigenvalue weighted by molar-refractivity contribution is 0.335. The summed E-state index contributed by atoms with van der Waals surface area (Å²) in [5, 5.41) is 0. The minimum absolute atomic E-state index is 1.17. The van der Waals surface area contributed by atoms with Crippen LogP contribution in [0, 0.1) is 0 Å². The molecule has 0 aromatic carbocycles. The van der Waals surface area contributed by atoms with Crippen LogP contribution in [0.15, 0.2) is 12.2 Å². The summed E-state index contributed by atoms with van der Waals surface area (Å²) < 4.78 is 0. The maximum atomic E-state index is 3.56. The molecule has 1 nitrogen and oxygen atoms in total. The third-order valence-electron chi connectivity index (χ3n) is 1.21. The molecule has 0 amide bonds. The van der Waals surface area contributed by atoms with Gasteiger partial charge >= 0.3 is 0 Å². The molecule has 0 radical (unpaired) electrons. The largest absolute Gasteiger partial charge is 0.306 e. The van der Waals surface area contributed by atoms with Crippen molar-refractivity contribution in [1.29, 1.82) is 0 Å². The van der Waals surface area contributed by atoms with Gasteiger partial charge in [-0.25, -0.2) is 0 Å². The quantitative estimate of drug-likeness (QED) is 0.611. The highest BCUT2D eigenvalue weighted by molar-refractivity contribution is 4.78. The Morgan fingerprint density at radius 2 is 1.21 bits per heavy atom. The molecule has 0 spiro atoms. The van der Waals surface area contributed by atoms with Gasteiger partial charge in [-0.1, -0.05) is 33.3 Å². The van der Waals surface area contributed by atoms with Crippen molar-refractivity contribution in [3.05, 3.63) is 12.2 Å². The Labute approximate surface area is 92.2 Å². The van der Waals surface area contributed by atoms with Gasteiger partial charge in [0.25, 0.3) is 0 Å². The fourth-order valence-electron chi connectivity index (χ4n) is 0.875. The lowest BCUT2D eigenvalue weighted by atomic mass is 10.4. The number of rotatable bonds is 4. The van der Waals surface area contributed by atoms with Crippen LogP contribution in [0.1, 0.15) is 54.4 Å². The monoisotopic (exact) mass is 201 g/mol. The highest BCUT2D eigenvalue weighted by Crippen LogP contribution is 1.86. The van der Waals surface area contributed by atoms with Crippen molar-refractivity contribution >= 4 is 0 Å². The molecule has 0 aliphatic carbocycles. The van der Waals surface area contributed by atoms with Gasteiger partial charge in [0.2, 0.25) is 0 Å². The van der Waals surface area contributed by atoms with Crippen LogP contribution in [0.5, 0.6) is 0 Å². The predicted molar refractivity (Wildman–Crippen MR) is 69.9 cm³/mol. The van der Waals surface area contributed by atoms with Crippen molar-refractivity contribution in [3.63, 3.8) is 0 Å². The molecule has 0 atom stereocenters. The first kappa shape index (κ1) is 19.3. The van der Waals surface area contributed by atoms with Crippen molar-refractivity contribution in [3.8, 4) is 0 Å². The standard InChI is InChI=1S/C7H17N.C4H8.C2H6/c1-4-6-8(3)7-5-2;1-4(2)3;1-2/h4-7H2,1-3H3;1H2,2-3H3;1-2H3. The molecule has 14 heavy (non-hydrogen) atoms. The maximum absolute atomic E-state index is 3.56. The van der Waals surface area contributed by atoms with Gasteiger partial charge in [-0.15, -0.1) is 6.58 Å². The Morgan fingerprint density at radius 3 is 1.36 bits per heavy atom. The zero-order valence-corrected chi connectivity index (χ0v) is 11.5. The predicted octanol–water partition coefficient (Wildman–Crippen LogP) is 4.35. The van der Waals surface area contributed by atoms with Crippen LogP contribution >= 0.6 is 0 Å². The van der Waals surface area contributed by atoms with E-state index < -0.39 is 0 Å². The fourth-order valence-corrected chi connectivity index (χ4v) is 0.875. The van der Waals surface area contributed by atoms with E-state index >= 15 is 0 Å². The van der Waals surface area contributed by atoms with E-state index in [9.17, 15) is 0 Å². The Hall–Kier alpha value is -0.300. The van der Waals surface area contributed by atoms with Gasteiger partial charge in [-0.2, -0.15) is 0 Å². The summed E-state index contributed by atoms with van der Waals surface area (Å²) in [6, 6.07) is 0. The SMILES string of the molecule is C=C(C)C.CC.CCCN(C)CCC. The molecule has 0 bridgehead atoms. The van der Waals surface area contributed by atoms with Crippen molar-refractivity contribution in [2.75, 3.05) is 20.1 Å². The lowest BCUT2D eigenvalue weighted by Crippen LogP contribution is -2.19. The van der Waals surface area contributed by atoms with Gasteiger partial charge in [0.05, 0.1) is 0 Å². The molecule has 0 N–H and O–H groups in total. The first-order chi connectivity index (χ1) is 6.54. The van der Waals surface area contributed by atoms with Crippen LogP contribution in [0.25, 0.3) is 0 Å². The van der Waals surface area contributed by atoms with Crippen molar-refractivity contribution in [2.45, 2.75) is 54.4 Å². The lowest BCUT2D eigenvalue weighted by Gasteiger charge is -2.12. The number of hydrogen-bond donors (Lipinski definition) is 0. The van der Waals surface area contributed by atoms with Crippen LogP contribution in [0.2, 0.25) is 0 Å². The number of hydrogen-bond acceptors (Lipinski definition) is 1. The van der Waals surface area contributed by atoms with E-state index in [4.69, 9.17) is 0 Å². The van der Waals surface area contributed by atoms with Crippen LogP contribution in [-0.2, 0) is 0 Å². The zero-order valence-electron chi connectivity index (χ0n) is 11.5. The zero-order chi connectivity index (χ0) is 12.0. The number of allylic oxidation sites excluding steroid dienone is 1. The van der Waals surface area contributed by atoms with Gasteiger partial charge in [0.1, 0.15) is 0 Å². The molecule has 0 rings (SSSR count). The van der Waals surface area contributed by atoms with Gasteiger partial charge in [-0.05, 0) is 46.8 Å². The normalized spacial score (nSPS) is 8.29. The van der Waals surface area contributed by atoms with Crippen molar-refractivity contribution in [2.24, 2.45) is 0 Å². The maximum Gasteiger partial charge on any atom is -0.00244 e. The summed E-state index contributed by atoms with van der Waals surface area (Å²) in [4.78, 5) is 2.36. The Kier molecular flexibility index (Phi) is 25.5. The minimum atomic E-state index is 1.17. The van der Waals surface area contributed by atoms with Gasteiger partial charge in [0.15, 0.2) is 0 Å². The van der Waals surface area contributed by atoms with Crippen LogP contribution in [0.4, 0.5) is 0 Å². The minimum Gasteiger partial charge on any atom is -0.306 e. The molecule has 0 aliphatic rings. The van der Waals surface area contributed by atoms with Crippen LogP contribution < -0.4 is 0 Å². The van der Waals surface area contributed by atoms with E-state index in [0.29, 0.717) is 0 Å². The first-order valence-corrected chi connectivity index (χ1v) is 5.85. The second-order valence-electron chi connectivity index (χ2n) is 3.51. The topological polar surface area (TPSA) is 3.24 Å². The molecule has 0 aromatic rings. The van der Waals surface area contributed by atoms with E-state index in [1.165, 1.54) is 31.5 Å². The molecule has 1 heteroatoms. The van der Waals surface area contributed by atoms with E-state index in [2.05, 4.69) is 32.4 Å². The Morgan fingerprint density at radius 1 is 1.00 bits per heavy atom. The Bertz CT molecular complexity index is 87.4. The molecule has 0 heterocycles. The van der Waals surface area contributed by atoms with Gasteiger partial charge < -0.3 is 4.90 Å². The summed E-state index contributed by atoms with van der Waals surface area (Å²) in [6.45, 7) is 18.4. The summed E-state index contributed by atoms with van der Waals surface area (Å²) in [5.41, 5.74) is 1.17. The van der Waals surface area contributed by atoms with E-state index in [1.807, 2.05) is 27.7 Å². The Balaban J connectivity index is -0.000000170. The molecule has 0 saturated carbocycles. The van der Waals surface area contributed by atoms with Gasteiger partial charge in [0, 0.05) is 0 Å². The number of nitrogens with zero attached hydrogens (tertiary/aromatic N) is 1. The molecular formula is C13H31N. The third kappa shape index (κ3) is 41.2. The van der Waals surface area contributed by atoms with Gasteiger partial charge in [-0.3, -0.25) is 0 Å². The highest BCUT2D eigenvalue weighted by atomic mass is 15.1. The van der Waals surface area contributed by atoms with Crippen LogP contribution in [-0.4, -0.2) is 25.0 Å². The smallest absolute Gasteiger partial charge is 0.00244 e. The average Bonchev–Trinajstić information content (AvgIpc) is 2.08. The second-order valence-corrected chi connectivity index (χ2v) is 3.51. The summed E-state index contributed by atoms with van der Waals surface area (Å²) in [6.07, 6.45) is 2.55. The first-order valence-electron chi connectivity index (χ1n) is 5.85. The van der Waals surface area contributed by atoms with Crippen LogP contribution in [0.3, 0.4) is 0 Å². The highest BCUT2D eigenvalue weighted by Gasteiger charge is 1.90. The van der Waals surface area contributed by atoms with E-state index in [-0.39, 0.29) is 0 Å². The van der Waals surface area contributed by atoms with E-state index in [1.54, 1.807) is 0 Å². The molecule has 0 unspecified atom stereocenters. The summed E-state index contributed by atoms with van der Waals surface area (Å²) in [5.74, 6) is 0.